The molecule has 1 fully saturated rings. The van der Waals surface area contributed by atoms with E-state index in [2.05, 4.69) is 25.4 Å². The van der Waals surface area contributed by atoms with E-state index in [1.165, 1.54) is 0 Å². The Morgan fingerprint density at radius 1 is 1.33 bits per heavy atom. The molecule has 1 atom stereocenters. The zero-order chi connectivity index (χ0) is 14.5. The fourth-order valence-electron chi connectivity index (χ4n) is 2.48. The topological polar surface area (TPSA) is 71.0 Å². The smallest absolute Gasteiger partial charge is 0.225 e. The fraction of sp³-hybridized carbons (Fsp3) is 0.333. The lowest BCUT2D eigenvalue weighted by molar-refractivity contribution is -0.124. The molecule has 21 heavy (non-hydrogen) atoms. The summed E-state index contributed by atoms with van der Waals surface area (Å²) in [5.74, 6) is 0.925. The van der Waals surface area contributed by atoms with E-state index in [4.69, 9.17) is 0 Å². The molecule has 0 saturated carbocycles. The van der Waals surface area contributed by atoms with Gasteiger partial charge in [-0.25, -0.2) is 0 Å². The van der Waals surface area contributed by atoms with Crippen molar-refractivity contribution in [3.05, 3.63) is 48.4 Å². The number of pyridine rings is 1. The second kappa shape index (κ2) is 6.30. The number of nitrogens with zero attached hydrogens (tertiary/aromatic N) is 4. The summed E-state index contributed by atoms with van der Waals surface area (Å²) >= 11 is 0. The number of nitrogens with one attached hydrogen (secondary N) is 1. The Bertz CT molecular complexity index is 590. The van der Waals surface area contributed by atoms with Crippen molar-refractivity contribution >= 4 is 11.7 Å². The zero-order valence-corrected chi connectivity index (χ0v) is 11.6. The molecule has 108 valence electrons. The number of carbonyl (C=O) groups is 1. The van der Waals surface area contributed by atoms with E-state index >= 15 is 0 Å². The van der Waals surface area contributed by atoms with Crippen molar-refractivity contribution in [1.82, 2.24) is 20.5 Å². The van der Waals surface area contributed by atoms with E-state index in [1.807, 2.05) is 24.3 Å². The lowest BCUT2D eigenvalue weighted by atomic mass is 10.1. The molecule has 1 aliphatic heterocycles. The molecule has 6 heteroatoms. The summed E-state index contributed by atoms with van der Waals surface area (Å²) in [4.78, 5) is 18.3. The Labute approximate surface area is 123 Å². The summed E-state index contributed by atoms with van der Waals surface area (Å²) in [5, 5.41) is 10.9. The Kier molecular flexibility index (Phi) is 4.04. The van der Waals surface area contributed by atoms with Crippen molar-refractivity contribution in [3.63, 3.8) is 0 Å². The first kappa shape index (κ1) is 13.5. The molecule has 2 aromatic heterocycles. The van der Waals surface area contributed by atoms with Crippen LogP contribution in [0.25, 0.3) is 0 Å². The average Bonchev–Trinajstić information content (AvgIpc) is 3.04. The molecule has 2 aromatic rings. The first-order chi connectivity index (χ1) is 10.3. The van der Waals surface area contributed by atoms with Crippen LogP contribution in [0, 0.1) is 5.92 Å². The number of amides is 1. The number of hydrogen-bond acceptors (Lipinski definition) is 5. The molecule has 0 aliphatic carbocycles. The predicted octanol–water partition coefficient (Wildman–Crippen LogP) is 1.01. The third-order valence-corrected chi connectivity index (χ3v) is 3.63. The van der Waals surface area contributed by atoms with Crippen LogP contribution in [-0.4, -0.2) is 34.2 Å². The summed E-state index contributed by atoms with van der Waals surface area (Å²) < 4.78 is 0. The van der Waals surface area contributed by atoms with Gasteiger partial charge in [-0.3, -0.25) is 9.78 Å². The van der Waals surface area contributed by atoms with Gasteiger partial charge in [-0.2, -0.15) is 5.10 Å². The van der Waals surface area contributed by atoms with Gasteiger partial charge in [0, 0.05) is 38.2 Å². The largest absolute Gasteiger partial charge is 0.354 e. The van der Waals surface area contributed by atoms with Crippen LogP contribution in [0.2, 0.25) is 0 Å². The van der Waals surface area contributed by atoms with Gasteiger partial charge in [-0.15, -0.1) is 5.10 Å². The second-order valence-corrected chi connectivity index (χ2v) is 5.09. The summed E-state index contributed by atoms with van der Waals surface area (Å²) in [7, 11) is 0. The van der Waals surface area contributed by atoms with E-state index in [0.29, 0.717) is 13.1 Å². The third-order valence-electron chi connectivity index (χ3n) is 3.63. The number of hydrogen-bond donors (Lipinski definition) is 1. The van der Waals surface area contributed by atoms with Gasteiger partial charge >= 0.3 is 0 Å². The van der Waals surface area contributed by atoms with Gasteiger partial charge in [0.2, 0.25) is 5.91 Å². The molecule has 3 rings (SSSR count). The number of rotatable bonds is 4. The highest BCUT2D eigenvalue weighted by Crippen LogP contribution is 2.21. The van der Waals surface area contributed by atoms with E-state index in [0.717, 1.165) is 24.3 Å². The molecule has 0 aromatic carbocycles. The van der Waals surface area contributed by atoms with Crippen molar-refractivity contribution in [2.24, 2.45) is 5.92 Å². The maximum Gasteiger partial charge on any atom is 0.225 e. The molecule has 1 unspecified atom stereocenters. The average molecular weight is 283 g/mol. The molecule has 0 spiro atoms. The van der Waals surface area contributed by atoms with Crippen LogP contribution in [0.4, 0.5) is 5.82 Å². The molecule has 1 saturated heterocycles. The highest BCUT2D eigenvalue weighted by molar-refractivity contribution is 5.80. The van der Waals surface area contributed by atoms with Crippen molar-refractivity contribution in [2.75, 3.05) is 18.0 Å². The summed E-state index contributed by atoms with van der Waals surface area (Å²) in [6.07, 6.45) is 5.98. The minimum atomic E-state index is 0.00341. The lowest BCUT2D eigenvalue weighted by Crippen LogP contribution is -2.32. The van der Waals surface area contributed by atoms with Gasteiger partial charge in [0.15, 0.2) is 5.82 Å². The number of carbonyl (C=O) groups excluding carboxylic acids is 1. The minimum absolute atomic E-state index is 0.00341. The van der Waals surface area contributed by atoms with Gasteiger partial charge < -0.3 is 10.2 Å². The van der Waals surface area contributed by atoms with Gasteiger partial charge in [0.1, 0.15) is 0 Å². The van der Waals surface area contributed by atoms with Crippen LogP contribution in [0.3, 0.4) is 0 Å². The van der Waals surface area contributed by atoms with Crippen LogP contribution in [0.5, 0.6) is 0 Å². The van der Waals surface area contributed by atoms with Crippen molar-refractivity contribution in [3.8, 4) is 0 Å². The normalized spacial score (nSPS) is 17.7. The number of anilines is 1. The summed E-state index contributed by atoms with van der Waals surface area (Å²) in [5.41, 5.74) is 1.01. The highest BCUT2D eigenvalue weighted by Gasteiger charge is 2.28. The Hall–Kier alpha value is -2.50. The molecule has 6 nitrogen and oxygen atoms in total. The zero-order valence-electron chi connectivity index (χ0n) is 11.6. The molecule has 0 radical (unpaired) electrons. The first-order valence-electron chi connectivity index (χ1n) is 7.02. The SMILES string of the molecule is O=C(NCc1cccnc1)C1CCN(c2cccnn2)C1. The van der Waals surface area contributed by atoms with E-state index < -0.39 is 0 Å². The summed E-state index contributed by atoms with van der Waals surface area (Å²) in [6, 6.07) is 7.60. The van der Waals surface area contributed by atoms with Gasteiger partial charge in [-0.05, 0) is 30.2 Å². The molecule has 1 N–H and O–H groups in total. The quantitative estimate of drug-likeness (QED) is 0.907. The fourth-order valence-corrected chi connectivity index (χ4v) is 2.48. The second-order valence-electron chi connectivity index (χ2n) is 5.09. The Morgan fingerprint density at radius 3 is 3.00 bits per heavy atom. The standard InChI is InChI=1S/C15H17N5O/c21-15(17-10-12-3-1-6-16-9-12)13-5-8-20(11-13)14-4-2-7-18-19-14/h1-4,6-7,9,13H,5,8,10-11H2,(H,17,21). The summed E-state index contributed by atoms with van der Waals surface area (Å²) in [6.45, 7) is 2.05. The number of aromatic nitrogens is 3. The highest BCUT2D eigenvalue weighted by atomic mass is 16.1. The van der Waals surface area contributed by atoms with E-state index in [9.17, 15) is 4.79 Å². The van der Waals surface area contributed by atoms with Crippen LogP contribution in [0.15, 0.2) is 42.9 Å². The van der Waals surface area contributed by atoms with E-state index in [-0.39, 0.29) is 11.8 Å². The maximum atomic E-state index is 12.2. The molecule has 3 heterocycles. The third kappa shape index (κ3) is 3.34. The lowest BCUT2D eigenvalue weighted by Gasteiger charge is -2.16. The van der Waals surface area contributed by atoms with Crippen molar-refractivity contribution < 1.29 is 4.79 Å². The predicted molar refractivity (Wildman–Crippen MR) is 78.4 cm³/mol. The van der Waals surface area contributed by atoms with Crippen molar-refractivity contribution in [2.45, 2.75) is 13.0 Å². The molecular weight excluding hydrogens is 266 g/mol. The maximum absolute atomic E-state index is 12.2. The molecule has 1 amide bonds. The van der Waals surface area contributed by atoms with E-state index in [1.54, 1.807) is 18.6 Å². The molecule has 1 aliphatic rings. The monoisotopic (exact) mass is 283 g/mol. The Morgan fingerprint density at radius 2 is 2.24 bits per heavy atom. The van der Waals surface area contributed by atoms with Gasteiger partial charge in [0.25, 0.3) is 0 Å². The van der Waals surface area contributed by atoms with Crippen LogP contribution in [0.1, 0.15) is 12.0 Å². The van der Waals surface area contributed by atoms with Gasteiger partial charge in [-0.1, -0.05) is 6.07 Å². The van der Waals surface area contributed by atoms with Crippen molar-refractivity contribution in [1.29, 1.82) is 0 Å². The molecule has 0 bridgehead atoms. The minimum Gasteiger partial charge on any atom is -0.354 e. The van der Waals surface area contributed by atoms with Gasteiger partial charge in [0.05, 0.1) is 5.92 Å². The Balaban J connectivity index is 1.53. The molecular formula is C15H17N5O. The van der Waals surface area contributed by atoms with Crippen LogP contribution in [-0.2, 0) is 11.3 Å². The first-order valence-corrected chi connectivity index (χ1v) is 7.02. The van der Waals surface area contributed by atoms with Crippen LogP contribution >= 0.6 is 0 Å². The van der Waals surface area contributed by atoms with Crippen LogP contribution < -0.4 is 10.2 Å².